The van der Waals surface area contributed by atoms with Gasteiger partial charge in [-0.25, -0.2) is 9.18 Å². The van der Waals surface area contributed by atoms with E-state index in [0.29, 0.717) is 17.6 Å². The number of rotatable bonds is 14. The number of fused-ring (bicyclic) bond motifs is 1. The molecule has 2 N–H and O–H groups in total. The van der Waals surface area contributed by atoms with Gasteiger partial charge in [-0.3, -0.25) is 9.59 Å². The Kier molecular flexibility index (Phi) is 12.4. The number of hydrogen-bond acceptors (Lipinski definition) is 5. The highest BCUT2D eigenvalue weighted by Crippen LogP contribution is 2.38. The van der Waals surface area contributed by atoms with Crippen molar-refractivity contribution in [1.29, 1.82) is 0 Å². The van der Waals surface area contributed by atoms with Crippen LogP contribution in [-0.4, -0.2) is 64.3 Å². The van der Waals surface area contributed by atoms with E-state index in [-0.39, 0.29) is 17.0 Å². The first-order valence-electron chi connectivity index (χ1n) is 15.1. The first-order chi connectivity index (χ1) is 19.3. The van der Waals surface area contributed by atoms with Crippen molar-refractivity contribution in [2.24, 2.45) is 0 Å². The molecule has 40 heavy (non-hydrogen) atoms. The van der Waals surface area contributed by atoms with E-state index in [9.17, 15) is 23.9 Å². The second kappa shape index (κ2) is 15.7. The molecule has 0 unspecified atom stereocenters. The van der Waals surface area contributed by atoms with Crippen LogP contribution in [-0.2, 0) is 4.79 Å². The molecule has 1 aliphatic heterocycles. The van der Waals surface area contributed by atoms with Gasteiger partial charge in [-0.05, 0) is 37.9 Å². The highest BCUT2D eigenvalue weighted by molar-refractivity contribution is 5.93. The predicted octanol–water partition coefficient (Wildman–Crippen LogP) is 6.31. The van der Waals surface area contributed by atoms with Crippen molar-refractivity contribution in [1.82, 2.24) is 9.47 Å². The molecule has 1 aromatic heterocycles. The highest BCUT2D eigenvalue weighted by atomic mass is 19.1. The molecular weight excluding hydrogens is 513 g/mol. The molecule has 2 aromatic rings. The molecule has 0 bridgehead atoms. The number of carbonyl (C=O) groups is 2. The van der Waals surface area contributed by atoms with Crippen LogP contribution in [0.15, 0.2) is 23.1 Å². The second-order valence-electron chi connectivity index (χ2n) is 11.0. The van der Waals surface area contributed by atoms with E-state index < -0.39 is 23.2 Å². The molecule has 1 aromatic carbocycles. The van der Waals surface area contributed by atoms with Gasteiger partial charge in [0.2, 0.25) is 5.43 Å². The summed E-state index contributed by atoms with van der Waals surface area (Å²) in [5, 5.41) is 17.9. The number of aromatic carboxylic acids is 1. The van der Waals surface area contributed by atoms with Gasteiger partial charge in [0, 0.05) is 50.2 Å². The summed E-state index contributed by atoms with van der Waals surface area (Å²) in [7, 11) is 0. The molecular formula is C31H46FN3O5. The number of benzene rings is 1. The molecule has 4 rings (SSSR count). The van der Waals surface area contributed by atoms with Crippen LogP contribution in [0.3, 0.4) is 0 Å². The third-order valence-electron chi connectivity index (χ3n) is 7.93. The van der Waals surface area contributed by atoms with E-state index >= 15 is 0 Å². The zero-order valence-corrected chi connectivity index (χ0v) is 24.2. The van der Waals surface area contributed by atoms with E-state index in [1.54, 1.807) is 6.07 Å². The van der Waals surface area contributed by atoms with Crippen molar-refractivity contribution < 1.29 is 24.2 Å². The van der Waals surface area contributed by atoms with Crippen molar-refractivity contribution >= 4 is 28.5 Å². The van der Waals surface area contributed by atoms with Gasteiger partial charge in [-0.2, -0.15) is 0 Å². The SMILES string of the molecule is CCCCCCCCCCCC(=O)O.CCN1CCN(c2cc3c(cc2F)c(=O)c(C(=O)O)cn3C2CC2)CC1. The summed E-state index contributed by atoms with van der Waals surface area (Å²) in [6.45, 7) is 8.54. The number of hydrogen-bond donors (Lipinski definition) is 2. The van der Waals surface area contributed by atoms with Crippen LogP contribution in [0.5, 0.6) is 0 Å². The maximum Gasteiger partial charge on any atom is 0.341 e. The Morgan fingerprint density at radius 3 is 2.02 bits per heavy atom. The van der Waals surface area contributed by atoms with Gasteiger partial charge in [0.1, 0.15) is 11.4 Å². The van der Waals surface area contributed by atoms with Gasteiger partial charge in [-0.15, -0.1) is 0 Å². The largest absolute Gasteiger partial charge is 0.481 e. The highest BCUT2D eigenvalue weighted by Gasteiger charge is 2.28. The van der Waals surface area contributed by atoms with Crippen molar-refractivity contribution in [3.05, 3.63) is 39.9 Å². The van der Waals surface area contributed by atoms with Crippen LogP contribution in [0.1, 0.15) is 107 Å². The lowest BCUT2D eigenvalue weighted by molar-refractivity contribution is -0.137. The molecule has 222 valence electrons. The molecule has 2 fully saturated rings. The lowest BCUT2D eigenvalue weighted by Crippen LogP contribution is -2.46. The smallest absolute Gasteiger partial charge is 0.341 e. The third-order valence-corrected chi connectivity index (χ3v) is 7.93. The van der Waals surface area contributed by atoms with Crippen LogP contribution < -0.4 is 10.3 Å². The third kappa shape index (κ3) is 9.04. The Morgan fingerprint density at radius 1 is 0.900 bits per heavy atom. The van der Waals surface area contributed by atoms with E-state index in [4.69, 9.17) is 5.11 Å². The quantitative estimate of drug-likeness (QED) is 0.262. The monoisotopic (exact) mass is 559 g/mol. The summed E-state index contributed by atoms with van der Waals surface area (Å²) in [6.07, 6.45) is 14.8. The normalized spacial score (nSPS) is 15.6. The number of nitrogens with zero attached hydrogens (tertiary/aromatic N) is 3. The summed E-state index contributed by atoms with van der Waals surface area (Å²) in [4.78, 5) is 38.4. The summed E-state index contributed by atoms with van der Waals surface area (Å²) in [5.41, 5.74) is 0.195. The number of aromatic nitrogens is 1. The molecule has 0 amide bonds. The zero-order valence-electron chi connectivity index (χ0n) is 24.2. The Balaban J connectivity index is 0.000000270. The molecule has 1 aliphatic carbocycles. The molecule has 9 heteroatoms. The Morgan fingerprint density at radius 2 is 1.50 bits per heavy atom. The van der Waals surface area contributed by atoms with E-state index in [1.165, 1.54) is 57.2 Å². The minimum Gasteiger partial charge on any atom is -0.481 e. The van der Waals surface area contributed by atoms with Gasteiger partial charge in [-0.1, -0.05) is 65.2 Å². The maximum atomic E-state index is 14.8. The second-order valence-corrected chi connectivity index (χ2v) is 11.0. The first-order valence-corrected chi connectivity index (χ1v) is 15.1. The fourth-order valence-corrected chi connectivity index (χ4v) is 5.30. The summed E-state index contributed by atoms with van der Waals surface area (Å²) >= 11 is 0. The number of pyridine rings is 1. The number of likely N-dealkylation sites (N-methyl/N-ethyl adjacent to an activating group) is 1. The van der Waals surface area contributed by atoms with Crippen LogP contribution in [0, 0.1) is 5.82 Å². The lowest BCUT2D eigenvalue weighted by Gasteiger charge is -2.35. The average Bonchev–Trinajstić information content (AvgIpc) is 3.78. The van der Waals surface area contributed by atoms with E-state index in [0.717, 1.165) is 58.4 Å². The van der Waals surface area contributed by atoms with Gasteiger partial charge in [0.05, 0.1) is 11.2 Å². The number of unbranched alkanes of at least 4 members (excludes halogenated alkanes) is 8. The molecule has 1 saturated heterocycles. The number of anilines is 1. The van der Waals surface area contributed by atoms with Gasteiger partial charge < -0.3 is 24.6 Å². The predicted molar refractivity (Wildman–Crippen MR) is 157 cm³/mol. The summed E-state index contributed by atoms with van der Waals surface area (Å²) in [6, 6.07) is 3.12. The minimum absolute atomic E-state index is 0.144. The van der Waals surface area contributed by atoms with Gasteiger partial charge in [0.25, 0.3) is 0 Å². The topological polar surface area (TPSA) is 103 Å². The molecule has 8 nitrogen and oxygen atoms in total. The van der Waals surface area contributed by atoms with Crippen molar-refractivity contribution in [2.75, 3.05) is 37.6 Å². The summed E-state index contributed by atoms with van der Waals surface area (Å²) in [5.74, 6) is -2.40. The lowest BCUT2D eigenvalue weighted by atomic mass is 10.1. The van der Waals surface area contributed by atoms with Crippen molar-refractivity contribution in [3.8, 4) is 0 Å². The molecule has 1 saturated carbocycles. The number of aliphatic carboxylic acids is 1. The Hall–Kier alpha value is -2.94. The van der Waals surface area contributed by atoms with Gasteiger partial charge in [0.15, 0.2) is 0 Å². The molecule has 0 spiro atoms. The zero-order chi connectivity index (χ0) is 29.1. The molecule has 0 radical (unpaired) electrons. The minimum atomic E-state index is -1.27. The van der Waals surface area contributed by atoms with Crippen LogP contribution in [0.25, 0.3) is 10.9 Å². The van der Waals surface area contributed by atoms with Crippen molar-refractivity contribution in [3.63, 3.8) is 0 Å². The fourth-order valence-electron chi connectivity index (χ4n) is 5.30. The Bertz CT molecular complexity index is 1190. The first kappa shape index (κ1) is 31.6. The number of carboxylic acids is 2. The molecule has 2 aliphatic rings. The number of piperazine rings is 1. The number of halogens is 1. The number of carboxylic acid groups (broad SMARTS) is 2. The van der Waals surface area contributed by atoms with Crippen molar-refractivity contribution in [2.45, 2.75) is 96.9 Å². The maximum absolute atomic E-state index is 14.8. The fraction of sp³-hybridized carbons (Fsp3) is 0.645. The molecule has 0 atom stereocenters. The molecule has 2 heterocycles. The van der Waals surface area contributed by atoms with Crippen LogP contribution in [0.2, 0.25) is 0 Å². The Labute approximate surface area is 236 Å². The van der Waals surface area contributed by atoms with E-state index in [2.05, 4.69) is 18.7 Å². The average molecular weight is 560 g/mol. The van der Waals surface area contributed by atoms with Crippen LogP contribution in [0.4, 0.5) is 10.1 Å². The van der Waals surface area contributed by atoms with Gasteiger partial charge >= 0.3 is 11.9 Å². The standard InChI is InChI=1S/C19H22FN3O3.C12H24O2/c1-2-21-5-7-22(8-6-21)17-10-16-13(9-15(17)20)18(24)14(19(25)26)11-23(16)12-3-4-12;1-2-3-4-5-6-7-8-9-10-11-12(13)14/h9-12H,2-8H2,1H3,(H,25,26);2-11H2,1H3,(H,13,14). The van der Waals surface area contributed by atoms with Crippen LogP contribution >= 0.6 is 0 Å². The summed E-state index contributed by atoms with van der Waals surface area (Å²) < 4.78 is 16.6. The van der Waals surface area contributed by atoms with E-state index in [1.807, 2.05) is 9.47 Å².